The zero-order chi connectivity index (χ0) is 9.80. The van der Waals surface area contributed by atoms with Crippen LogP contribution in [0.5, 0.6) is 0 Å². The molecule has 2 rings (SSSR count). The molecule has 0 aliphatic heterocycles. The number of allylic oxidation sites excluding steroid dienone is 1. The Morgan fingerprint density at radius 3 is 3.14 bits per heavy atom. The molecule has 0 radical (unpaired) electrons. The third kappa shape index (κ3) is 1.88. The minimum absolute atomic E-state index is 0.820. The Bertz CT molecular complexity index is 404. The molecule has 0 atom stereocenters. The van der Waals surface area contributed by atoms with E-state index in [-0.39, 0.29) is 0 Å². The predicted molar refractivity (Wildman–Crippen MR) is 55.9 cm³/mol. The van der Waals surface area contributed by atoms with Gasteiger partial charge in [-0.25, -0.2) is 4.98 Å². The maximum Gasteiger partial charge on any atom is 0.132 e. The topological polar surface area (TPSA) is 43.6 Å². The quantitative estimate of drug-likeness (QED) is 0.718. The first-order valence-electron chi connectivity index (χ1n) is 4.30. The summed E-state index contributed by atoms with van der Waals surface area (Å²) in [7, 11) is 0. The molecule has 4 nitrogen and oxygen atoms in total. The number of hydrogen-bond acceptors (Lipinski definition) is 4. The van der Waals surface area contributed by atoms with Crippen LogP contribution in [0.25, 0.3) is 11.4 Å². The van der Waals surface area contributed by atoms with E-state index in [2.05, 4.69) is 21.9 Å². The molecule has 2 heterocycles. The number of thiazole rings is 1. The summed E-state index contributed by atoms with van der Waals surface area (Å²) in [5.74, 6) is 0. The van der Waals surface area contributed by atoms with E-state index in [1.807, 2.05) is 17.7 Å². The van der Waals surface area contributed by atoms with Crippen molar-refractivity contribution in [2.24, 2.45) is 0 Å². The minimum Gasteiger partial charge on any atom is -0.252 e. The number of rotatable bonds is 4. The molecule has 0 aromatic carbocycles. The molecule has 0 N–H and O–H groups in total. The summed E-state index contributed by atoms with van der Waals surface area (Å²) < 4.78 is 1.80. The third-order valence-corrected chi connectivity index (χ3v) is 2.38. The van der Waals surface area contributed by atoms with Gasteiger partial charge in [0.05, 0.1) is 11.7 Å². The van der Waals surface area contributed by atoms with Crippen LogP contribution in [0.15, 0.2) is 29.7 Å². The highest BCUT2D eigenvalue weighted by Gasteiger charge is 2.04. The fourth-order valence-corrected chi connectivity index (χ4v) is 1.63. The SMILES string of the molecule is C=CCCn1cc(-c2cscn2)nn1. The molecule has 14 heavy (non-hydrogen) atoms. The van der Waals surface area contributed by atoms with Crippen molar-refractivity contribution in [1.29, 1.82) is 0 Å². The molecular weight excluding hydrogens is 196 g/mol. The van der Waals surface area contributed by atoms with Gasteiger partial charge in [-0.05, 0) is 6.42 Å². The molecule has 72 valence electrons. The van der Waals surface area contributed by atoms with Gasteiger partial charge >= 0.3 is 0 Å². The molecule has 0 unspecified atom stereocenters. The lowest BCUT2D eigenvalue weighted by atomic mass is 10.4. The normalized spacial score (nSPS) is 10.3. The Morgan fingerprint density at radius 2 is 2.43 bits per heavy atom. The molecule has 0 spiro atoms. The van der Waals surface area contributed by atoms with E-state index in [0.717, 1.165) is 24.4 Å². The van der Waals surface area contributed by atoms with Crippen molar-refractivity contribution >= 4 is 11.3 Å². The lowest BCUT2D eigenvalue weighted by Crippen LogP contribution is -1.96. The molecule has 2 aromatic rings. The first-order valence-corrected chi connectivity index (χ1v) is 5.24. The fourth-order valence-electron chi connectivity index (χ4n) is 1.09. The van der Waals surface area contributed by atoms with Gasteiger partial charge in [0.1, 0.15) is 11.4 Å². The van der Waals surface area contributed by atoms with Crippen LogP contribution in [0.4, 0.5) is 0 Å². The summed E-state index contributed by atoms with van der Waals surface area (Å²) in [6.07, 6.45) is 4.67. The van der Waals surface area contributed by atoms with E-state index in [1.54, 1.807) is 21.5 Å². The van der Waals surface area contributed by atoms with Crippen molar-refractivity contribution < 1.29 is 0 Å². The molecule has 0 bridgehead atoms. The van der Waals surface area contributed by atoms with Crippen LogP contribution in [0.2, 0.25) is 0 Å². The standard InChI is InChI=1S/C9H10N4S/c1-2-3-4-13-5-8(11-12-13)9-6-14-7-10-9/h2,5-7H,1,3-4H2. The van der Waals surface area contributed by atoms with Gasteiger partial charge in [-0.1, -0.05) is 11.3 Å². The second kappa shape index (κ2) is 4.15. The van der Waals surface area contributed by atoms with Crippen molar-refractivity contribution in [2.75, 3.05) is 0 Å². The van der Waals surface area contributed by atoms with Gasteiger partial charge in [0.2, 0.25) is 0 Å². The van der Waals surface area contributed by atoms with Crippen LogP contribution in [0.1, 0.15) is 6.42 Å². The van der Waals surface area contributed by atoms with Gasteiger partial charge in [-0.15, -0.1) is 23.0 Å². The van der Waals surface area contributed by atoms with Crippen LogP contribution < -0.4 is 0 Å². The van der Waals surface area contributed by atoms with Crippen molar-refractivity contribution in [3.63, 3.8) is 0 Å². The van der Waals surface area contributed by atoms with Crippen LogP contribution >= 0.6 is 11.3 Å². The van der Waals surface area contributed by atoms with Crippen LogP contribution in [0, 0.1) is 0 Å². The lowest BCUT2D eigenvalue weighted by molar-refractivity contribution is 0.597. The van der Waals surface area contributed by atoms with E-state index >= 15 is 0 Å². The Balaban J connectivity index is 2.14. The molecule has 0 aliphatic rings. The predicted octanol–water partition coefficient (Wildman–Crippen LogP) is 1.98. The monoisotopic (exact) mass is 206 g/mol. The Hall–Kier alpha value is -1.49. The highest BCUT2D eigenvalue weighted by atomic mass is 32.1. The van der Waals surface area contributed by atoms with Crippen LogP contribution in [0.3, 0.4) is 0 Å². The molecule has 0 saturated carbocycles. The van der Waals surface area contributed by atoms with Gasteiger partial charge in [0.15, 0.2) is 0 Å². The van der Waals surface area contributed by atoms with Crippen molar-refractivity contribution in [2.45, 2.75) is 13.0 Å². The fraction of sp³-hybridized carbons (Fsp3) is 0.222. The van der Waals surface area contributed by atoms with Crippen LogP contribution in [-0.4, -0.2) is 20.0 Å². The van der Waals surface area contributed by atoms with Gasteiger partial charge in [-0.2, -0.15) is 0 Å². The highest BCUT2D eigenvalue weighted by molar-refractivity contribution is 7.07. The molecule has 2 aromatic heterocycles. The first kappa shape index (κ1) is 9.08. The molecule has 0 amide bonds. The second-order valence-electron chi connectivity index (χ2n) is 2.82. The molecule has 0 aliphatic carbocycles. The zero-order valence-electron chi connectivity index (χ0n) is 7.63. The molecular formula is C9H10N4S. The Morgan fingerprint density at radius 1 is 1.50 bits per heavy atom. The molecule has 0 fully saturated rings. The van der Waals surface area contributed by atoms with Gasteiger partial charge in [0.25, 0.3) is 0 Å². The maximum atomic E-state index is 4.16. The number of aryl methyl sites for hydroxylation is 1. The zero-order valence-corrected chi connectivity index (χ0v) is 8.44. The van der Waals surface area contributed by atoms with Gasteiger partial charge in [-0.3, -0.25) is 4.68 Å². The average molecular weight is 206 g/mol. The summed E-state index contributed by atoms with van der Waals surface area (Å²) in [6.45, 7) is 4.48. The van der Waals surface area contributed by atoms with E-state index in [0.29, 0.717) is 0 Å². The summed E-state index contributed by atoms with van der Waals surface area (Å²) in [6, 6.07) is 0. The van der Waals surface area contributed by atoms with E-state index < -0.39 is 0 Å². The van der Waals surface area contributed by atoms with E-state index in [1.165, 1.54) is 0 Å². The number of aromatic nitrogens is 4. The maximum absolute atomic E-state index is 4.16. The minimum atomic E-state index is 0.820. The van der Waals surface area contributed by atoms with Crippen molar-refractivity contribution in [3.05, 3.63) is 29.7 Å². The third-order valence-electron chi connectivity index (χ3n) is 1.80. The van der Waals surface area contributed by atoms with E-state index in [4.69, 9.17) is 0 Å². The first-order chi connectivity index (χ1) is 6.90. The number of nitrogens with zero attached hydrogens (tertiary/aromatic N) is 4. The highest BCUT2D eigenvalue weighted by Crippen LogP contribution is 2.15. The summed E-state index contributed by atoms with van der Waals surface area (Å²) >= 11 is 1.56. The summed E-state index contributed by atoms with van der Waals surface area (Å²) in [5.41, 5.74) is 3.51. The Labute approximate surface area is 85.9 Å². The smallest absolute Gasteiger partial charge is 0.132 e. The second-order valence-corrected chi connectivity index (χ2v) is 3.54. The molecule has 0 saturated heterocycles. The Kier molecular flexibility index (Phi) is 2.69. The lowest BCUT2D eigenvalue weighted by Gasteiger charge is -1.92. The van der Waals surface area contributed by atoms with Crippen molar-refractivity contribution in [3.8, 4) is 11.4 Å². The summed E-state index contributed by atoms with van der Waals surface area (Å²) in [4.78, 5) is 4.16. The van der Waals surface area contributed by atoms with Crippen LogP contribution in [-0.2, 0) is 6.54 Å². The molecule has 5 heteroatoms. The number of hydrogen-bond donors (Lipinski definition) is 0. The van der Waals surface area contributed by atoms with E-state index in [9.17, 15) is 0 Å². The summed E-state index contributed by atoms with van der Waals surface area (Å²) in [5, 5.41) is 9.99. The van der Waals surface area contributed by atoms with Gasteiger partial charge < -0.3 is 0 Å². The average Bonchev–Trinajstić information content (AvgIpc) is 2.85. The largest absolute Gasteiger partial charge is 0.252 e. The van der Waals surface area contributed by atoms with Gasteiger partial charge in [0, 0.05) is 11.9 Å². The van der Waals surface area contributed by atoms with Crippen molar-refractivity contribution in [1.82, 2.24) is 20.0 Å².